The van der Waals surface area contributed by atoms with Crippen LogP contribution in [-0.2, 0) is 0 Å². The summed E-state index contributed by atoms with van der Waals surface area (Å²) in [5, 5.41) is 14.0. The van der Waals surface area contributed by atoms with Crippen molar-refractivity contribution in [2.45, 2.75) is 39.2 Å². The Morgan fingerprint density at radius 1 is 0.943 bits per heavy atom. The molecular weight excluding hydrogens is 442 g/mol. The lowest BCUT2D eigenvalue weighted by Gasteiger charge is -2.27. The molecular formula is C28H33N3O4. The maximum atomic E-state index is 13.1. The number of unbranched alkanes of at least 4 members (excludes halogenated alkanes) is 2. The standard InChI is InChI=1S/C28H33N3O4/c1-21(2)31(23-9-5-3-6-10-23)28(33)26-16-15-25(19-27(26)32)35-18-8-4-7-17-34-24-13-11-22(12-14-24)20-30-29/h3,5-6,9-16,19-21,32H,4,7-8,17-18,29H2,1-2H3. The number of carbonyl (C=O) groups is 1. The van der Waals surface area contributed by atoms with Crippen molar-refractivity contribution in [1.82, 2.24) is 0 Å². The van der Waals surface area contributed by atoms with E-state index in [0.717, 1.165) is 36.3 Å². The van der Waals surface area contributed by atoms with E-state index in [0.29, 0.717) is 19.0 Å². The van der Waals surface area contributed by atoms with Crippen LogP contribution in [0.15, 0.2) is 77.9 Å². The zero-order valence-electron chi connectivity index (χ0n) is 20.3. The van der Waals surface area contributed by atoms with Gasteiger partial charge in [-0.2, -0.15) is 5.10 Å². The third-order valence-electron chi connectivity index (χ3n) is 5.40. The number of benzene rings is 3. The van der Waals surface area contributed by atoms with Crippen LogP contribution in [0.3, 0.4) is 0 Å². The summed E-state index contributed by atoms with van der Waals surface area (Å²) in [6.45, 7) is 5.02. The van der Waals surface area contributed by atoms with Crippen LogP contribution in [0, 0.1) is 0 Å². The molecule has 3 aromatic rings. The van der Waals surface area contributed by atoms with E-state index < -0.39 is 0 Å². The minimum absolute atomic E-state index is 0.0609. The van der Waals surface area contributed by atoms with Gasteiger partial charge in [-0.05, 0) is 87.2 Å². The molecule has 0 saturated heterocycles. The SMILES string of the molecule is CC(C)N(C(=O)c1ccc(OCCCCCOc2ccc(C=NN)cc2)cc1O)c1ccccc1. The van der Waals surface area contributed by atoms with Gasteiger partial charge in [-0.1, -0.05) is 18.2 Å². The fourth-order valence-electron chi connectivity index (χ4n) is 3.65. The normalized spacial score (nSPS) is 11.1. The molecule has 0 aliphatic heterocycles. The molecule has 0 spiro atoms. The lowest BCUT2D eigenvalue weighted by molar-refractivity contribution is 0.0977. The van der Waals surface area contributed by atoms with Crippen LogP contribution < -0.4 is 20.2 Å². The summed E-state index contributed by atoms with van der Waals surface area (Å²) < 4.78 is 11.5. The fourth-order valence-corrected chi connectivity index (χ4v) is 3.65. The Kier molecular flexibility index (Phi) is 9.54. The first kappa shape index (κ1) is 25.6. The summed E-state index contributed by atoms with van der Waals surface area (Å²) in [7, 11) is 0. The maximum Gasteiger partial charge on any atom is 0.262 e. The van der Waals surface area contributed by atoms with Crippen molar-refractivity contribution in [2.24, 2.45) is 10.9 Å². The van der Waals surface area contributed by atoms with E-state index in [9.17, 15) is 9.90 Å². The third kappa shape index (κ3) is 7.50. The van der Waals surface area contributed by atoms with E-state index >= 15 is 0 Å². The molecule has 0 aliphatic carbocycles. The molecule has 0 heterocycles. The fraction of sp³-hybridized carbons (Fsp3) is 0.286. The van der Waals surface area contributed by atoms with Gasteiger partial charge in [0.25, 0.3) is 5.91 Å². The highest BCUT2D eigenvalue weighted by Gasteiger charge is 2.23. The Morgan fingerprint density at radius 3 is 2.17 bits per heavy atom. The number of rotatable bonds is 12. The number of amides is 1. The van der Waals surface area contributed by atoms with Gasteiger partial charge in [-0.3, -0.25) is 4.79 Å². The highest BCUT2D eigenvalue weighted by molar-refractivity contribution is 6.08. The molecule has 3 N–H and O–H groups in total. The molecule has 0 saturated carbocycles. The molecule has 35 heavy (non-hydrogen) atoms. The van der Waals surface area contributed by atoms with Crippen molar-refractivity contribution in [2.75, 3.05) is 18.1 Å². The van der Waals surface area contributed by atoms with E-state index in [1.165, 1.54) is 6.07 Å². The topological polar surface area (TPSA) is 97.4 Å². The van der Waals surface area contributed by atoms with Gasteiger partial charge >= 0.3 is 0 Å². The van der Waals surface area contributed by atoms with Gasteiger partial charge in [0.15, 0.2) is 0 Å². The van der Waals surface area contributed by atoms with Gasteiger partial charge in [-0.15, -0.1) is 0 Å². The van der Waals surface area contributed by atoms with Crippen LogP contribution in [0.4, 0.5) is 5.69 Å². The first-order chi connectivity index (χ1) is 17.0. The molecule has 184 valence electrons. The number of anilines is 1. The average Bonchev–Trinajstić information content (AvgIpc) is 2.85. The molecule has 0 radical (unpaired) electrons. The summed E-state index contributed by atoms with van der Waals surface area (Å²) >= 11 is 0. The summed E-state index contributed by atoms with van der Waals surface area (Å²) in [5.41, 5.74) is 1.96. The Bertz CT molecular complexity index is 1100. The second-order valence-electron chi connectivity index (χ2n) is 8.39. The lowest BCUT2D eigenvalue weighted by Crippen LogP contribution is -2.37. The predicted molar refractivity (Wildman–Crippen MR) is 140 cm³/mol. The minimum Gasteiger partial charge on any atom is -0.507 e. The van der Waals surface area contributed by atoms with E-state index in [2.05, 4.69) is 5.10 Å². The number of hydrazone groups is 1. The number of nitrogens with zero attached hydrogens (tertiary/aromatic N) is 2. The van der Waals surface area contributed by atoms with Gasteiger partial charge < -0.3 is 25.3 Å². The number of hydrogen-bond acceptors (Lipinski definition) is 6. The Morgan fingerprint density at radius 2 is 1.57 bits per heavy atom. The second kappa shape index (κ2) is 13.0. The van der Waals surface area contributed by atoms with Crippen molar-refractivity contribution in [3.63, 3.8) is 0 Å². The molecule has 0 aliphatic rings. The van der Waals surface area contributed by atoms with Crippen LogP contribution in [0.25, 0.3) is 0 Å². The van der Waals surface area contributed by atoms with E-state index in [1.807, 2.05) is 68.4 Å². The van der Waals surface area contributed by atoms with Crippen molar-refractivity contribution >= 4 is 17.8 Å². The van der Waals surface area contributed by atoms with Crippen molar-refractivity contribution < 1.29 is 19.4 Å². The summed E-state index contributed by atoms with van der Waals surface area (Å²) in [6.07, 6.45) is 4.28. The van der Waals surface area contributed by atoms with E-state index in [-0.39, 0.29) is 23.3 Å². The largest absolute Gasteiger partial charge is 0.507 e. The molecule has 7 nitrogen and oxygen atoms in total. The number of para-hydroxylation sites is 1. The highest BCUT2D eigenvalue weighted by atomic mass is 16.5. The lowest BCUT2D eigenvalue weighted by atomic mass is 10.1. The molecule has 0 atom stereocenters. The van der Waals surface area contributed by atoms with Gasteiger partial charge in [0.05, 0.1) is 25.0 Å². The first-order valence-corrected chi connectivity index (χ1v) is 11.8. The number of hydrogen-bond donors (Lipinski definition) is 2. The predicted octanol–water partition coefficient (Wildman–Crippen LogP) is 5.37. The number of ether oxygens (including phenoxy) is 2. The van der Waals surface area contributed by atoms with E-state index in [1.54, 1.807) is 23.2 Å². The number of phenolic OH excluding ortho intramolecular Hbond substituents is 1. The average molecular weight is 476 g/mol. The zero-order valence-corrected chi connectivity index (χ0v) is 20.3. The van der Waals surface area contributed by atoms with Gasteiger partial charge in [0.2, 0.25) is 0 Å². The molecule has 0 bridgehead atoms. The number of phenols is 1. The quantitative estimate of drug-likeness (QED) is 0.159. The molecule has 0 aromatic heterocycles. The third-order valence-corrected chi connectivity index (χ3v) is 5.40. The van der Waals surface area contributed by atoms with Gasteiger partial charge in [0.1, 0.15) is 17.2 Å². The van der Waals surface area contributed by atoms with E-state index in [4.69, 9.17) is 15.3 Å². The smallest absolute Gasteiger partial charge is 0.262 e. The first-order valence-electron chi connectivity index (χ1n) is 11.8. The van der Waals surface area contributed by atoms with Crippen molar-refractivity contribution in [1.29, 1.82) is 0 Å². The molecule has 0 fully saturated rings. The summed E-state index contributed by atoms with van der Waals surface area (Å²) in [5.74, 6) is 6.14. The van der Waals surface area contributed by atoms with Gasteiger partial charge in [-0.25, -0.2) is 0 Å². The molecule has 3 rings (SSSR count). The van der Waals surface area contributed by atoms with Crippen LogP contribution in [0.2, 0.25) is 0 Å². The molecule has 3 aromatic carbocycles. The van der Waals surface area contributed by atoms with Crippen LogP contribution >= 0.6 is 0 Å². The maximum absolute atomic E-state index is 13.1. The number of aromatic hydroxyl groups is 1. The summed E-state index contributed by atoms with van der Waals surface area (Å²) in [6, 6.07) is 21.8. The number of carbonyl (C=O) groups excluding carboxylic acids is 1. The molecule has 7 heteroatoms. The zero-order chi connectivity index (χ0) is 25.0. The second-order valence-corrected chi connectivity index (χ2v) is 8.39. The Labute approximate surface area is 206 Å². The Balaban J connectivity index is 1.43. The van der Waals surface area contributed by atoms with Crippen LogP contribution in [0.1, 0.15) is 49.0 Å². The Hall–Kier alpha value is -4.00. The van der Waals surface area contributed by atoms with Gasteiger partial charge in [0, 0.05) is 17.8 Å². The molecule has 0 unspecified atom stereocenters. The summed E-state index contributed by atoms with van der Waals surface area (Å²) in [4.78, 5) is 14.8. The highest BCUT2D eigenvalue weighted by Crippen LogP contribution is 2.28. The van der Waals surface area contributed by atoms with Crippen molar-refractivity contribution in [3.05, 3.63) is 83.9 Å². The van der Waals surface area contributed by atoms with Crippen LogP contribution in [0.5, 0.6) is 17.2 Å². The minimum atomic E-state index is -0.252. The monoisotopic (exact) mass is 475 g/mol. The van der Waals surface area contributed by atoms with Crippen LogP contribution in [-0.4, -0.2) is 36.5 Å². The number of nitrogens with two attached hydrogens (primary N) is 1. The van der Waals surface area contributed by atoms with Crippen molar-refractivity contribution in [3.8, 4) is 17.2 Å². The molecule has 1 amide bonds.